The molecule has 4 aromatic rings. The monoisotopic (exact) mass is 472 g/mol. The third kappa shape index (κ3) is 4.61. The number of thioether (sulfide) groups is 1. The number of halogens is 1. The van der Waals surface area contributed by atoms with E-state index in [1.165, 1.54) is 23.1 Å². The highest BCUT2D eigenvalue weighted by Gasteiger charge is 2.18. The molecule has 0 aliphatic heterocycles. The molecule has 1 amide bonds. The summed E-state index contributed by atoms with van der Waals surface area (Å²) in [7, 11) is 0. The van der Waals surface area contributed by atoms with Gasteiger partial charge in [0, 0.05) is 28.8 Å². The molecular formula is C22H21ClN4O2S2. The van der Waals surface area contributed by atoms with Crippen molar-refractivity contribution < 1.29 is 4.79 Å². The Labute approximate surface area is 192 Å². The van der Waals surface area contributed by atoms with E-state index in [-0.39, 0.29) is 23.1 Å². The van der Waals surface area contributed by atoms with Crippen molar-refractivity contribution in [2.75, 3.05) is 11.1 Å². The van der Waals surface area contributed by atoms with Crippen LogP contribution in [-0.2, 0) is 11.3 Å². The number of anilines is 1. The molecule has 0 atom stereocenters. The van der Waals surface area contributed by atoms with E-state index in [9.17, 15) is 9.59 Å². The van der Waals surface area contributed by atoms with Crippen LogP contribution in [0.25, 0.3) is 20.4 Å². The number of nitrogens with zero attached hydrogens (tertiary/aromatic N) is 3. The summed E-state index contributed by atoms with van der Waals surface area (Å²) in [6, 6.07) is 9.12. The molecule has 4 rings (SSSR count). The van der Waals surface area contributed by atoms with Crippen molar-refractivity contribution in [1.29, 1.82) is 0 Å². The summed E-state index contributed by atoms with van der Waals surface area (Å²) < 4.78 is 2.27. The van der Waals surface area contributed by atoms with Crippen LogP contribution in [0.5, 0.6) is 0 Å². The molecule has 3 heterocycles. The predicted molar refractivity (Wildman–Crippen MR) is 130 cm³/mol. The molecule has 1 N–H and O–H groups in total. The Balaban J connectivity index is 1.66. The average molecular weight is 473 g/mol. The van der Waals surface area contributed by atoms with Gasteiger partial charge in [-0.2, -0.15) is 0 Å². The van der Waals surface area contributed by atoms with Gasteiger partial charge >= 0.3 is 0 Å². The van der Waals surface area contributed by atoms with Gasteiger partial charge in [0.1, 0.15) is 9.53 Å². The van der Waals surface area contributed by atoms with Crippen molar-refractivity contribution in [3.05, 3.63) is 57.5 Å². The van der Waals surface area contributed by atoms with E-state index >= 15 is 0 Å². The third-order valence-corrected chi connectivity index (χ3v) is 6.97. The number of nitrogens with one attached hydrogen (secondary N) is 1. The third-order valence-electron chi connectivity index (χ3n) is 4.67. The lowest BCUT2D eigenvalue weighted by Crippen LogP contribution is -2.25. The number of amides is 1. The van der Waals surface area contributed by atoms with E-state index in [4.69, 9.17) is 16.6 Å². The van der Waals surface area contributed by atoms with Gasteiger partial charge in [-0.25, -0.2) is 9.97 Å². The van der Waals surface area contributed by atoms with Gasteiger partial charge in [0.2, 0.25) is 5.91 Å². The molecule has 6 nitrogen and oxygen atoms in total. The number of fused-ring (bicyclic) bond motifs is 3. The molecule has 0 unspecified atom stereocenters. The normalized spacial score (nSPS) is 11.5. The maximum Gasteiger partial charge on any atom is 0.272 e. The summed E-state index contributed by atoms with van der Waals surface area (Å²) in [6.07, 6.45) is 1.71. The molecule has 9 heteroatoms. The molecule has 3 aromatic heterocycles. The molecule has 1 aromatic carbocycles. The van der Waals surface area contributed by atoms with Crippen molar-refractivity contribution in [3.8, 4) is 0 Å². The fourth-order valence-corrected chi connectivity index (χ4v) is 5.23. The Morgan fingerprint density at radius 3 is 2.90 bits per heavy atom. The van der Waals surface area contributed by atoms with Gasteiger partial charge in [0.05, 0.1) is 11.3 Å². The Bertz CT molecular complexity index is 1350. The maximum atomic E-state index is 13.2. The second kappa shape index (κ2) is 8.98. The lowest BCUT2D eigenvalue weighted by Gasteiger charge is -2.14. The molecule has 0 aliphatic carbocycles. The van der Waals surface area contributed by atoms with Crippen molar-refractivity contribution >= 4 is 66.7 Å². The number of pyridine rings is 1. The van der Waals surface area contributed by atoms with Gasteiger partial charge in [0.15, 0.2) is 5.16 Å². The van der Waals surface area contributed by atoms with Gasteiger partial charge in [-0.15, -0.1) is 11.3 Å². The molecule has 0 saturated carbocycles. The largest absolute Gasteiger partial charge is 0.325 e. The van der Waals surface area contributed by atoms with Crippen molar-refractivity contribution in [1.82, 2.24) is 14.5 Å². The zero-order chi connectivity index (χ0) is 22.1. The zero-order valence-electron chi connectivity index (χ0n) is 17.3. The molecule has 0 fully saturated rings. The first-order chi connectivity index (χ1) is 14.8. The number of aryl methyl sites for hydroxylation is 1. The van der Waals surface area contributed by atoms with Gasteiger partial charge in [-0.3, -0.25) is 14.2 Å². The summed E-state index contributed by atoms with van der Waals surface area (Å²) in [5, 5.41) is 4.84. The maximum absolute atomic E-state index is 13.2. The number of carbonyl (C=O) groups is 1. The molecule has 160 valence electrons. The SMILES string of the molecule is Cc1ccc(Cl)cc1NC(=O)CSc1nc2c(sc3ncccc32)c(=O)n1CC(C)C. The molecule has 0 aliphatic rings. The minimum absolute atomic E-state index is 0.0877. The number of thiophene rings is 1. The van der Waals surface area contributed by atoms with Crippen LogP contribution in [-0.4, -0.2) is 26.2 Å². The van der Waals surface area contributed by atoms with Crippen LogP contribution in [0.15, 0.2) is 46.5 Å². The smallest absolute Gasteiger partial charge is 0.272 e. The van der Waals surface area contributed by atoms with Gasteiger partial charge < -0.3 is 5.32 Å². The Kier molecular flexibility index (Phi) is 6.31. The fourth-order valence-electron chi connectivity index (χ4n) is 3.22. The van der Waals surface area contributed by atoms with Crippen molar-refractivity contribution in [2.24, 2.45) is 5.92 Å². The van der Waals surface area contributed by atoms with Crippen LogP contribution in [0.4, 0.5) is 5.69 Å². The van der Waals surface area contributed by atoms with E-state index in [2.05, 4.69) is 10.3 Å². The predicted octanol–water partition coefficient (Wildman–Crippen LogP) is 5.35. The summed E-state index contributed by atoms with van der Waals surface area (Å²) >= 11 is 8.66. The summed E-state index contributed by atoms with van der Waals surface area (Å²) in [5.74, 6) is 0.201. The molecule has 0 spiro atoms. The first-order valence-electron chi connectivity index (χ1n) is 9.80. The fraction of sp³-hybridized carbons (Fsp3) is 0.273. The molecule has 0 radical (unpaired) electrons. The molecule has 0 bridgehead atoms. The molecular weight excluding hydrogens is 452 g/mol. The van der Waals surface area contributed by atoms with Gasteiger partial charge in [-0.05, 0) is 42.7 Å². The Morgan fingerprint density at radius 2 is 2.13 bits per heavy atom. The minimum atomic E-state index is -0.183. The Morgan fingerprint density at radius 1 is 1.32 bits per heavy atom. The first kappa shape index (κ1) is 21.8. The van der Waals surface area contributed by atoms with E-state index < -0.39 is 0 Å². The van der Waals surface area contributed by atoms with Crippen LogP contribution in [0, 0.1) is 12.8 Å². The highest BCUT2D eigenvalue weighted by atomic mass is 35.5. The number of benzene rings is 1. The van der Waals surface area contributed by atoms with Crippen LogP contribution < -0.4 is 10.9 Å². The molecule has 0 saturated heterocycles. The van der Waals surface area contributed by atoms with Crippen LogP contribution in [0.1, 0.15) is 19.4 Å². The minimum Gasteiger partial charge on any atom is -0.325 e. The number of hydrogen-bond acceptors (Lipinski definition) is 6. The van der Waals surface area contributed by atoms with Crippen LogP contribution in [0.3, 0.4) is 0 Å². The van der Waals surface area contributed by atoms with Gasteiger partial charge in [-0.1, -0.05) is 43.3 Å². The van der Waals surface area contributed by atoms with E-state index in [0.29, 0.717) is 32.6 Å². The highest BCUT2D eigenvalue weighted by Crippen LogP contribution is 2.30. The van der Waals surface area contributed by atoms with Crippen LogP contribution in [0.2, 0.25) is 5.02 Å². The highest BCUT2D eigenvalue weighted by molar-refractivity contribution is 7.99. The number of aromatic nitrogens is 3. The lowest BCUT2D eigenvalue weighted by atomic mass is 10.2. The quantitative estimate of drug-likeness (QED) is 0.302. The zero-order valence-corrected chi connectivity index (χ0v) is 19.7. The van der Waals surface area contributed by atoms with Gasteiger partial charge in [0.25, 0.3) is 5.56 Å². The number of carbonyl (C=O) groups excluding carboxylic acids is 1. The first-order valence-corrected chi connectivity index (χ1v) is 12.0. The second-order valence-corrected chi connectivity index (χ2v) is 10.0. The summed E-state index contributed by atoms with van der Waals surface area (Å²) in [4.78, 5) is 35.8. The topological polar surface area (TPSA) is 76.9 Å². The Hall–Kier alpha value is -2.42. The summed E-state index contributed by atoms with van der Waals surface area (Å²) in [5.41, 5.74) is 2.16. The van der Waals surface area contributed by atoms with Crippen molar-refractivity contribution in [3.63, 3.8) is 0 Å². The van der Waals surface area contributed by atoms with Crippen molar-refractivity contribution in [2.45, 2.75) is 32.5 Å². The van der Waals surface area contributed by atoms with E-state index in [1.807, 2.05) is 39.0 Å². The lowest BCUT2D eigenvalue weighted by molar-refractivity contribution is -0.113. The number of rotatable bonds is 6. The standard InChI is InChI=1S/C22H21ClN4O2S2/c1-12(2)10-27-21(29)19-18(15-5-4-8-24-20(15)31-19)26-22(27)30-11-17(28)25-16-9-14(23)7-6-13(16)3/h4-9,12H,10-11H2,1-3H3,(H,25,28). The van der Waals surface area contributed by atoms with E-state index in [0.717, 1.165) is 15.8 Å². The average Bonchev–Trinajstić information content (AvgIpc) is 3.10. The molecule has 31 heavy (non-hydrogen) atoms. The van der Waals surface area contributed by atoms with E-state index in [1.54, 1.807) is 22.9 Å². The second-order valence-electron chi connectivity index (χ2n) is 7.64. The number of hydrogen-bond donors (Lipinski definition) is 1. The van der Waals surface area contributed by atoms with Crippen LogP contribution >= 0.6 is 34.7 Å². The summed E-state index contributed by atoms with van der Waals surface area (Å²) in [6.45, 7) is 6.53.